The van der Waals surface area contributed by atoms with Crippen LogP contribution in [0.1, 0.15) is 79.1 Å². The second-order valence-corrected chi connectivity index (χ2v) is 18.2. The molecule has 1 unspecified atom stereocenters. The highest BCUT2D eigenvalue weighted by Crippen LogP contribution is 2.49. The monoisotopic (exact) mass is 882 g/mol. The Kier molecular flexibility index (Phi) is 11.5. The summed E-state index contributed by atoms with van der Waals surface area (Å²) in [4.78, 5) is 81.7. The van der Waals surface area contributed by atoms with Crippen molar-refractivity contribution in [1.82, 2.24) is 35.0 Å². The maximum atomic E-state index is 15.5. The smallest absolute Gasteiger partial charge is 0.293 e. The molecular weight excluding hydrogens is 831 g/mol. The van der Waals surface area contributed by atoms with E-state index in [1.54, 1.807) is 16.8 Å². The molecule has 1 saturated carbocycles. The first kappa shape index (κ1) is 42.5. The van der Waals surface area contributed by atoms with E-state index in [0.29, 0.717) is 60.9 Å². The second kappa shape index (κ2) is 17.1. The van der Waals surface area contributed by atoms with E-state index in [0.717, 1.165) is 74.2 Å². The van der Waals surface area contributed by atoms with E-state index in [4.69, 9.17) is 21.3 Å². The van der Waals surface area contributed by atoms with E-state index in [1.165, 1.54) is 19.2 Å². The molecule has 6 heterocycles. The Hall–Kier alpha value is -5.81. The number of aromatic nitrogens is 3. The van der Waals surface area contributed by atoms with Crippen molar-refractivity contribution >= 4 is 69.3 Å². The molecule has 0 bridgehead atoms. The van der Waals surface area contributed by atoms with Gasteiger partial charge in [0.1, 0.15) is 16.9 Å². The molecule has 18 heteroatoms. The average molecular weight is 883 g/mol. The second-order valence-electron chi connectivity index (χ2n) is 17.8. The van der Waals surface area contributed by atoms with Crippen molar-refractivity contribution in [2.75, 3.05) is 81.1 Å². The van der Waals surface area contributed by atoms with Crippen LogP contribution in [0, 0.1) is 17.2 Å². The highest BCUT2D eigenvalue weighted by atomic mass is 35.5. The number of hydrogen-bond donors (Lipinski definition) is 3. The molecule has 3 N–H and O–H groups in total. The zero-order chi connectivity index (χ0) is 44.2. The van der Waals surface area contributed by atoms with Crippen LogP contribution >= 0.6 is 11.6 Å². The van der Waals surface area contributed by atoms with Gasteiger partial charge in [-0.05, 0) is 94.7 Å². The average Bonchev–Trinajstić information content (AvgIpc) is 3.51. The Morgan fingerprint density at radius 2 is 1.76 bits per heavy atom. The van der Waals surface area contributed by atoms with Crippen molar-refractivity contribution in [1.29, 1.82) is 0 Å². The van der Waals surface area contributed by atoms with Gasteiger partial charge >= 0.3 is 0 Å². The highest BCUT2D eigenvalue weighted by molar-refractivity contribution is 6.33. The first-order chi connectivity index (χ1) is 30.3. The number of pyridine rings is 1. The number of rotatable bonds is 11. The lowest BCUT2D eigenvalue weighted by Gasteiger charge is -2.55. The summed E-state index contributed by atoms with van der Waals surface area (Å²) in [7, 11) is 1.51. The molecule has 5 aliphatic rings. The number of benzene rings is 2. The molecule has 4 aromatic rings. The van der Waals surface area contributed by atoms with Gasteiger partial charge in [-0.25, -0.2) is 9.37 Å². The minimum atomic E-state index is -0.873. The first-order valence-electron chi connectivity index (χ1n) is 21.9. The summed E-state index contributed by atoms with van der Waals surface area (Å²) in [5.41, 5.74) is 1.61. The van der Waals surface area contributed by atoms with Gasteiger partial charge in [-0.2, -0.15) is 4.98 Å². The van der Waals surface area contributed by atoms with Gasteiger partial charge in [-0.1, -0.05) is 11.6 Å². The van der Waals surface area contributed by atoms with E-state index >= 15 is 4.39 Å². The van der Waals surface area contributed by atoms with E-state index in [9.17, 15) is 24.0 Å². The van der Waals surface area contributed by atoms with Crippen molar-refractivity contribution < 1.29 is 28.3 Å². The maximum absolute atomic E-state index is 15.5. The third-order valence-corrected chi connectivity index (χ3v) is 13.7. The summed E-state index contributed by atoms with van der Waals surface area (Å²) in [6, 6.07) is 8.88. The zero-order valence-electron chi connectivity index (χ0n) is 35.7. The number of nitrogens with one attached hydrogen (secondary N) is 3. The fraction of sp³-hybridized carbons (Fsp3) is 0.489. The van der Waals surface area contributed by atoms with Crippen LogP contribution in [0.3, 0.4) is 0 Å². The molecule has 2 aromatic heterocycles. The largest absolute Gasteiger partial charge is 0.478 e. The van der Waals surface area contributed by atoms with Gasteiger partial charge < -0.3 is 35.1 Å². The number of amides is 4. The van der Waals surface area contributed by atoms with Gasteiger partial charge in [0.05, 0.1) is 28.5 Å². The van der Waals surface area contributed by atoms with Crippen LogP contribution in [0.15, 0.2) is 47.4 Å². The van der Waals surface area contributed by atoms with Crippen LogP contribution in [0.2, 0.25) is 5.02 Å². The number of carbonyl (C=O) groups excluding carboxylic acids is 4. The molecule has 4 aliphatic heterocycles. The summed E-state index contributed by atoms with van der Waals surface area (Å²) < 4.78 is 22.8. The molecule has 2 aromatic carbocycles. The van der Waals surface area contributed by atoms with Gasteiger partial charge in [0.15, 0.2) is 18.2 Å². The molecule has 63 heavy (non-hydrogen) atoms. The molecule has 332 valence electrons. The summed E-state index contributed by atoms with van der Waals surface area (Å²) in [5.74, 6) is -0.652. The predicted molar refractivity (Wildman–Crippen MR) is 237 cm³/mol. The Balaban J connectivity index is 0.787. The minimum Gasteiger partial charge on any atom is -0.478 e. The molecule has 1 spiro atoms. The highest BCUT2D eigenvalue weighted by Gasteiger charge is 2.50. The Bertz CT molecular complexity index is 2550. The number of halogens is 2. The quantitative estimate of drug-likeness (QED) is 0.177. The van der Waals surface area contributed by atoms with Crippen molar-refractivity contribution in [2.45, 2.75) is 64.5 Å². The number of nitrogens with zero attached hydrogens (tertiary/aromatic N) is 7. The topological polar surface area (TPSA) is 174 Å². The number of piperidine rings is 1. The lowest BCUT2D eigenvalue weighted by atomic mass is 9.65. The molecule has 3 saturated heterocycles. The zero-order valence-corrected chi connectivity index (χ0v) is 36.5. The summed E-state index contributed by atoms with van der Waals surface area (Å²) in [5, 5.41) is 9.69. The Morgan fingerprint density at radius 3 is 2.48 bits per heavy atom. The number of anilines is 4. The van der Waals surface area contributed by atoms with Crippen LogP contribution < -0.4 is 36.0 Å². The number of ether oxygens (including phenoxy) is 1. The van der Waals surface area contributed by atoms with Gasteiger partial charge in [-0.3, -0.25) is 33.8 Å². The fourth-order valence-electron chi connectivity index (χ4n) is 10.1. The van der Waals surface area contributed by atoms with Crippen molar-refractivity contribution in [3.05, 3.63) is 74.9 Å². The maximum Gasteiger partial charge on any atom is 0.293 e. The molecular formula is C45H52ClFN10O6. The summed E-state index contributed by atoms with van der Waals surface area (Å²) >= 11 is 6.61. The number of hydrogen-bond acceptors (Lipinski definition) is 12. The lowest BCUT2D eigenvalue weighted by Crippen LogP contribution is -2.59. The van der Waals surface area contributed by atoms with Crippen LogP contribution in [-0.4, -0.2) is 120 Å². The fourth-order valence-corrected chi connectivity index (χ4v) is 10.2. The van der Waals surface area contributed by atoms with E-state index in [1.807, 2.05) is 36.9 Å². The van der Waals surface area contributed by atoms with E-state index in [-0.39, 0.29) is 58.0 Å². The Labute approximate surface area is 369 Å². The molecule has 1 aliphatic carbocycles. The molecule has 4 amide bonds. The minimum absolute atomic E-state index is 0.0467. The Morgan fingerprint density at radius 1 is 1.00 bits per heavy atom. The first-order valence-corrected chi connectivity index (χ1v) is 22.2. The van der Waals surface area contributed by atoms with Crippen molar-refractivity contribution in [3.8, 4) is 5.75 Å². The third kappa shape index (κ3) is 8.05. The van der Waals surface area contributed by atoms with Gasteiger partial charge in [0.2, 0.25) is 11.9 Å². The van der Waals surface area contributed by atoms with Gasteiger partial charge in [0, 0.05) is 81.9 Å². The summed E-state index contributed by atoms with van der Waals surface area (Å²) in [6.45, 7) is 9.57. The molecule has 4 fully saturated rings. The predicted octanol–water partition coefficient (Wildman–Crippen LogP) is 4.73. The number of fused-ring (bicyclic) bond motifs is 2. The van der Waals surface area contributed by atoms with Crippen LogP contribution in [-0.2, 0) is 9.59 Å². The van der Waals surface area contributed by atoms with Crippen LogP contribution in [0.4, 0.5) is 27.5 Å². The molecule has 0 radical (unpaired) electrons. The molecule has 1 atom stereocenters. The van der Waals surface area contributed by atoms with Gasteiger partial charge in [-0.15, -0.1) is 0 Å². The van der Waals surface area contributed by atoms with Crippen molar-refractivity contribution in [2.24, 2.45) is 11.3 Å². The number of piperazine rings is 1. The van der Waals surface area contributed by atoms with E-state index in [2.05, 4.69) is 30.7 Å². The number of carbonyl (C=O) groups is 4. The number of likely N-dealkylation sites (N-methyl/N-ethyl adjacent to an activating group) is 1. The molecule has 16 nitrogen and oxygen atoms in total. The SMILES string of the molecule is CNC(=O)COc1cc2cc(Nc3nc(N4CCN(CC5CCC6(CC5)CN(c5c(F)ccc7c5C(=O)N(C5CCCNC5=O)C7=O)C6)CC4)ncc3Cl)ccc2n(C(C)C)c1=O. The normalized spacial score (nSPS) is 20.3. The van der Waals surface area contributed by atoms with Gasteiger partial charge in [0.25, 0.3) is 23.3 Å². The van der Waals surface area contributed by atoms with E-state index < -0.39 is 23.7 Å². The number of imide groups is 1. The molecule has 9 rings (SSSR count). The van der Waals surface area contributed by atoms with Crippen molar-refractivity contribution in [3.63, 3.8) is 0 Å². The standard InChI is InChI=1S/C45H52ClFN10O6/c1-26(2)56-33-9-6-29(19-28(33)20-35(42(56)61)63-23-36(58)48-3)51-39-31(46)21-50-44(52-39)54-17-15-53(16-18-54)22-27-10-12-45(13-11-27)24-55(25-45)38-32(47)8-7-30-37(38)43(62)57(41(30)60)34-5-4-14-49-40(34)59/h6-9,19-21,26-27,34H,4-5,10-18,22-25H2,1-3H3,(H,48,58)(H,49,59)(H,50,51,52). The summed E-state index contributed by atoms with van der Waals surface area (Å²) in [6.07, 6.45) is 6.83. The van der Waals surface area contributed by atoms with Crippen LogP contribution in [0.25, 0.3) is 10.9 Å². The van der Waals surface area contributed by atoms with Crippen LogP contribution in [0.5, 0.6) is 5.75 Å². The lowest BCUT2D eigenvalue weighted by molar-refractivity contribution is -0.126. The third-order valence-electron chi connectivity index (χ3n) is 13.4.